The van der Waals surface area contributed by atoms with Gasteiger partial charge >= 0.3 is 6.09 Å². The number of hydrogen-bond donors (Lipinski definition) is 1. The Morgan fingerprint density at radius 1 is 0.881 bits per heavy atom. The van der Waals surface area contributed by atoms with E-state index in [1.165, 1.54) is 11.1 Å². The Kier molecular flexibility index (Phi) is 11.2. The molecular weight excluding hydrogens is 560 g/mol. The molecule has 0 saturated carbocycles. The van der Waals surface area contributed by atoms with E-state index >= 15 is 0 Å². The van der Waals surface area contributed by atoms with Gasteiger partial charge in [0.2, 0.25) is 11.8 Å². The van der Waals surface area contributed by atoms with Crippen LogP contribution in [0.25, 0.3) is 11.1 Å². The number of nitrogens with zero attached hydrogens (tertiary/aromatic N) is 3. The number of pyridine rings is 2. The smallest absolute Gasteiger partial charge is 0.410 e. The molecule has 2 saturated heterocycles. The highest BCUT2D eigenvalue weighted by Crippen LogP contribution is 2.30. The number of carbonyl (C=O) groups is 1. The Morgan fingerprint density at radius 3 is 1.83 bits per heavy atom. The van der Waals surface area contributed by atoms with E-state index in [0.29, 0.717) is 32.2 Å². The van der Waals surface area contributed by atoms with Gasteiger partial charge in [-0.3, -0.25) is 0 Å². The number of likely N-dealkylation sites (tertiary alicyclic amines) is 1. The maximum Gasteiger partial charge on any atom is 0.410 e. The Balaban J connectivity index is 0.000000198. The fourth-order valence-electron chi connectivity index (χ4n) is 4.65. The van der Waals surface area contributed by atoms with Gasteiger partial charge < -0.3 is 33.9 Å². The summed E-state index contributed by atoms with van der Waals surface area (Å²) in [7, 11) is 0. The minimum atomic E-state index is -0.479. The van der Waals surface area contributed by atoms with Gasteiger partial charge in [0.15, 0.2) is 0 Å². The second-order valence-corrected chi connectivity index (χ2v) is 11.3. The molecule has 6 heterocycles. The molecule has 0 aliphatic carbocycles. The predicted octanol–water partition coefficient (Wildman–Crippen LogP) is 4.54. The van der Waals surface area contributed by atoms with Gasteiger partial charge in [0.05, 0.1) is 39.5 Å². The lowest BCUT2D eigenvalue weighted by Crippen LogP contribution is -2.57. The maximum absolute atomic E-state index is 12.0. The largest absolute Gasteiger partial charge is 0.471 e. The first-order chi connectivity index (χ1) is 19.9. The predicted molar refractivity (Wildman–Crippen MR) is 162 cm³/mol. The van der Waals surface area contributed by atoms with Crippen LogP contribution in [-0.4, -0.2) is 91.4 Å². The fraction of sp³-hybridized carbons (Fsp3) is 0.516. The first-order valence-electron chi connectivity index (χ1n) is 14.3. The van der Waals surface area contributed by atoms with E-state index in [1.807, 2.05) is 39.0 Å². The van der Waals surface area contributed by atoms with Crippen LogP contribution in [0.2, 0.25) is 0 Å². The number of rotatable bonds is 6. The van der Waals surface area contributed by atoms with Crippen LogP contribution in [-0.2, 0) is 14.2 Å². The van der Waals surface area contributed by atoms with Crippen molar-refractivity contribution in [3.63, 3.8) is 0 Å². The SMILES string of the molecule is C1=C(c2cccnc2OC2CNC2)CCOC1.CC(C)(C)OC(=O)N1CC(Oc2ncccc2C2=CCOCC2)C1.Cl. The zero-order chi connectivity index (χ0) is 28.7. The molecule has 0 bridgehead atoms. The van der Waals surface area contributed by atoms with Crippen LogP contribution in [0.5, 0.6) is 11.8 Å². The molecule has 2 aromatic rings. The monoisotopic (exact) mass is 600 g/mol. The Labute approximate surface area is 253 Å². The van der Waals surface area contributed by atoms with Crippen LogP contribution in [0.15, 0.2) is 48.8 Å². The van der Waals surface area contributed by atoms with Crippen LogP contribution >= 0.6 is 12.4 Å². The van der Waals surface area contributed by atoms with E-state index in [2.05, 4.69) is 33.5 Å². The lowest BCUT2D eigenvalue weighted by Gasteiger charge is -2.39. The average Bonchev–Trinajstić information content (AvgIpc) is 2.93. The Hall–Kier alpha value is -3.18. The summed E-state index contributed by atoms with van der Waals surface area (Å²) in [6.45, 7) is 11.3. The van der Waals surface area contributed by atoms with Gasteiger partial charge in [0.1, 0.15) is 17.8 Å². The summed E-state index contributed by atoms with van der Waals surface area (Å²) in [5, 5.41) is 3.19. The van der Waals surface area contributed by atoms with E-state index in [9.17, 15) is 4.79 Å². The van der Waals surface area contributed by atoms with Crippen molar-refractivity contribution in [3.05, 3.63) is 59.9 Å². The highest BCUT2D eigenvalue weighted by molar-refractivity contribution is 5.85. The standard InChI is InChI=1S/C18H24N2O4.C13H16N2O2.ClH/c1-18(2,3)24-17(21)20-11-14(12-20)23-16-15(5-4-8-19-16)13-6-9-22-10-7-13;1-2-12(10-3-6-16-7-4-10)13(15-5-1)17-11-8-14-9-11;/h4-6,8,14H,7,9-12H2,1-3H3;1-3,5,11,14H,4,6-9H2;1H. The number of aromatic nitrogens is 2. The van der Waals surface area contributed by atoms with Crippen molar-refractivity contribution in [2.45, 2.75) is 51.4 Å². The highest BCUT2D eigenvalue weighted by Gasteiger charge is 2.36. The molecule has 1 N–H and O–H groups in total. The number of halogens is 1. The van der Waals surface area contributed by atoms with Gasteiger partial charge in [-0.15, -0.1) is 12.4 Å². The number of amides is 1. The number of hydrogen-bond acceptors (Lipinski definition) is 9. The molecule has 4 aliphatic rings. The summed E-state index contributed by atoms with van der Waals surface area (Å²) in [6.07, 6.45) is 9.41. The molecule has 6 rings (SSSR count). The van der Waals surface area contributed by atoms with Crippen LogP contribution < -0.4 is 14.8 Å². The summed E-state index contributed by atoms with van der Waals surface area (Å²) in [5.41, 5.74) is 4.13. The maximum atomic E-state index is 12.0. The van der Waals surface area contributed by atoms with Crippen molar-refractivity contribution in [1.82, 2.24) is 20.2 Å². The molecule has 42 heavy (non-hydrogen) atoms. The van der Waals surface area contributed by atoms with Crippen molar-refractivity contribution in [2.24, 2.45) is 0 Å². The molecule has 228 valence electrons. The third-order valence-electron chi connectivity index (χ3n) is 6.96. The third kappa shape index (κ3) is 8.67. The number of carbonyl (C=O) groups excluding carboxylic acids is 1. The molecule has 4 aliphatic heterocycles. The first kappa shape index (κ1) is 31.7. The minimum Gasteiger partial charge on any atom is -0.471 e. The van der Waals surface area contributed by atoms with Crippen molar-refractivity contribution < 1.29 is 28.5 Å². The molecule has 0 spiro atoms. The second kappa shape index (κ2) is 14.8. The summed E-state index contributed by atoms with van der Waals surface area (Å²) in [5.74, 6) is 1.38. The summed E-state index contributed by atoms with van der Waals surface area (Å²) < 4.78 is 27.9. The summed E-state index contributed by atoms with van der Waals surface area (Å²) in [4.78, 5) is 22.3. The van der Waals surface area contributed by atoms with E-state index in [4.69, 9.17) is 23.7 Å². The lowest BCUT2D eigenvalue weighted by atomic mass is 10.0. The van der Waals surface area contributed by atoms with Crippen molar-refractivity contribution >= 4 is 29.6 Å². The van der Waals surface area contributed by atoms with E-state index in [-0.39, 0.29) is 30.7 Å². The molecular formula is C31H41ClN4O6. The quantitative estimate of drug-likeness (QED) is 0.512. The Bertz CT molecular complexity index is 1250. The van der Waals surface area contributed by atoms with E-state index in [1.54, 1.807) is 17.3 Å². The van der Waals surface area contributed by atoms with Crippen LogP contribution in [0.4, 0.5) is 4.79 Å². The van der Waals surface area contributed by atoms with Gasteiger partial charge in [-0.25, -0.2) is 14.8 Å². The minimum absolute atomic E-state index is 0. The van der Waals surface area contributed by atoms with Gasteiger partial charge in [-0.05, 0) is 69.0 Å². The zero-order valence-electron chi connectivity index (χ0n) is 24.5. The van der Waals surface area contributed by atoms with E-state index < -0.39 is 5.60 Å². The van der Waals surface area contributed by atoms with Crippen molar-refractivity contribution in [3.8, 4) is 11.8 Å². The van der Waals surface area contributed by atoms with E-state index in [0.717, 1.165) is 56.2 Å². The fourth-order valence-corrected chi connectivity index (χ4v) is 4.65. The number of ether oxygens (including phenoxy) is 5. The molecule has 0 aromatic carbocycles. The normalized spacial score (nSPS) is 19.0. The number of nitrogens with one attached hydrogen (secondary N) is 1. The van der Waals surface area contributed by atoms with Crippen molar-refractivity contribution in [2.75, 3.05) is 52.6 Å². The summed E-state index contributed by atoms with van der Waals surface area (Å²) >= 11 is 0. The van der Waals surface area contributed by atoms with Crippen molar-refractivity contribution in [1.29, 1.82) is 0 Å². The summed E-state index contributed by atoms with van der Waals surface area (Å²) in [6, 6.07) is 7.96. The molecule has 10 nitrogen and oxygen atoms in total. The second-order valence-electron chi connectivity index (χ2n) is 11.3. The van der Waals surface area contributed by atoms with Crippen LogP contribution in [0.1, 0.15) is 44.7 Å². The average molecular weight is 601 g/mol. The van der Waals surface area contributed by atoms with Gasteiger partial charge in [0, 0.05) is 36.6 Å². The third-order valence-corrected chi connectivity index (χ3v) is 6.96. The van der Waals surface area contributed by atoms with Gasteiger partial charge in [-0.2, -0.15) is 0 Å². The first-order valence-corrected chi connectivity index (χ1v) is 14.3. The molecule has 2 fully saturated rings. The lowest BCUT2D eigenvalue weighted by molar-refractivity contribution is -0.0233. The van der Waals surface area contributed by atoms with Crippen LogP contribution in [0.3, 0.4) is 0 Å². The molecule has 1 amide bonds. The van der Waals surface area contributed by atoms with Crippen LogP contribution in [0, 0.1) is 0 Å². The molecule has 0 atom stereocenters. The van der Waals surface area contributed by atoms with Gasteiger partial charge in [-0.1, -0.05) is 12.2 Å². The highest BCUT2D eigenvalue weighted by atomic mass is 35.5. The molecule has 0 radical (unpaired) electrons. The molecule has 0 unspecified atom stereocenters. The molecule has 2 aromatic heterocycles. The molecule has 11 heteroatoms. The Morgan fingerprint density at radius 2 is 1.40 bits per heavy atom. The zero-order valence-corrected chi connectivity index (χ0v) is 25.4. The topological polar surface area (TPSA) is 104 Å². The van der Waals surface area contributed by atoms with Gasteiger partial charge in [0.25, 0.3) is 0 Å².